The summed E-state index contributed by atoms with van der Waals surface area (Å²) in [6.45, 7) is 0.0132. The van der Waals surface area contributed by atoms with E-state index in [1.54, 1.807) is 30.3 Å². The topological polar surface area (TPSA) is 37.4 Å². The van der Waals surface area contributed by atoms with Crippen LogP contribution >= 0.6 is 31.9 Å². The molecule has 0 radical (unpaired) electrons. The summed E-state index contributed by atoms with van der Waals surface area (Å²) < 4.78 is 15.2. The molecule has 21 heavy (non-hydrogen) atoms. The minimum Gasteiger partial charge on any atom is -0.299 e. The second-order valence-corrected chi connectivity index (χ2v) is 6.36. The molecule has 0 aliphatic carbocycles. The van der Waals surface area contributed by atoms with Crippen LogP contribution in [0.1, 0.15) is 15.9 Å². The predicted molar refractivity (Wildman–Crippen MR) is 83.8 cm³/mol. The molecule has 2 aromatic carbocycles. The van der Waals surface area contributed by atoms with Gasteiger partial charge in [-0.3, -0.25) is 14.5 Å². The van der Waals surface area contributed by atoms with E-state index in [2.05, 4.69) is 31.9 Å². The van der Waals surface area contributed by atoms with Crippen LogP contribution in [0.15, 0.2) is 45.3 Å². The number of hydrogen-bond acceptors (Lipinski definition) is 2. The van der Waals surface area contributed by atoms with Gasteiger partial charge in [0.2, 0.25) is 0 Å². The van der Waals surface area contributed by atoms with Crippen molar-refractivity contribution in [2.24, 2.45) is 0 Å². The number of fused-ring (bicyclic) bond motifs is 1. The van der Waals surface area contributed by atoms with Crippen LogP contribution in [0.5, 0.6) is 0 Å². The Balaban J connectivity index is 2.04. The van der Waals surface area contributed by atoms with Gasteiger partial charge in [0.25, 0.3) is 11.7 Å². The van der Waals surface area contributed by atoms with Crippen molar-refractivity contribution in [1.82, 2.24) is 0 Å². The van der Waals surface area contributed by atoms with Gasteiger partial charge in [-0.25, -0.2) is 4.39 Å². The molecule has 1 aliphatic heterocycles. The average molecular weight is 413 g/mol. The molecular weight excluding hydrogens is 405 g/mol. The maximum absolute atomic E-state index is 13.9. The number of carbonyl (C=O) groups excluding carboxylic acids is 2. The molecular formula is C15H8Br2FNO2. The highest BCUT2D eigenvalue weighted by Gasteiger charge is 2.37. The van der Waals surface area contributed by atoms with Gasteiger partial charge in [0.05, 0.1) is 17.8 Å². The highest BCUT2D eigenvalue weighted by Crippen LogP contribution is 2.37. The number of carbonyl (C=O) groups is 2. The predicted octanol–water partition coefficient (Wildman–Crippen LogP) is 4.08. The van der Waals surface area contributed by atoms with Crippen LogP contribution in [0.3, 0.4) is 0 Å². The second-order valence-electron chi connectivity index (χ2n) is 4.59. The van der Waals surface area contributed by atoms with Crippen LogP contribution in [0.2, 0.25) is 0 Å². The van der Waals surface area contributed by atoms with E-state index < -0.39 is 17.5 Å². The second kappa shape index (κ2) is 5.35. The van der Waals surface area contributed by atoms with E-state index >= 15 is 0 Å². The Morgan fingerprint density at radius 3 is 2.57 bits per heavy atom. The summed E-state index contributed by atoms with van der Waals surface area (Å²) in [5.41, 5.74) is 1.18. The lowest BCUT2D eigenvalue weighted by Crippen LogP contribution is -2.29. The molecule has 0 N–H and O–H groups in total. The third-order valence-electron chi connectivity index (χ3n) is 3.28. The first-order valence-electron chi connectivity index (χ1n) is 6.07. The molecule has 0 bridgehead atoms. The summed E-state index contributed by atoms with van der Waals surface area (Å²) in [5.74, 6) is -1.63. The molecule has 0 spiro atoms. The van der Waals surface area contributed by atoms with Crippen molar-refractivity contribution in [3.63, 3.8) is 0 Å². The number of ketones is 1. The van der Waals surface area contributed by atoms with Crippen LogP contribution in [-0.4, -0.2) is 11.7 Å². The maximum Gasteiger partial charge on any atom is 0.299 e. The third-order valence-corrected chi connectivity index (χ3v) is 4.42. The van der Waals surface area contributed by atoms with Crippen molar-refractivity contribution in [1.29, 1.82) is 0 Å². The lowest BCUT2D eigenvalue weighted by molar-refractivity contribution is -0.114. The van der Waals surface area contributed by atoms with Gasteiger partial charge in [-0.2, -0.15) is 0 Å². The molecule has 1 amide bonds. The van der Waals surface area contributed by atoms with Crippen molar-refractivity contribution in [3.05, 3.63) is 62.3 Å². The molecule has 0 aromatic heterocycles. The molecule has 1 aliphatic rings. The molecule has 0 saturated carbocycles. The van der Waals surface area contributed by atoms with Gasteiger partial charge in [-0.05, 0) is 40.2 Å². The fourth-order valence-electron chi connectivity index (χ4n) is 2.28. The molecule has 0 unspecified atom stereocenters. The van der Waals surface area contributed by atoms with Crippen molar-refractivity contribution in [2.75, 3.05) is 4.90 Å². The quantitative estimate of drug-likeness (QED) is 0.697. The number of halogens is 3. The lowest BCUT2D eigenvalue weighted by atomic mass is 10.1. The Kier molecular flexibility index (Phi) is 3.67. The van der Waals surface area contributed by atoms with Crippen molar-refractivity contribution >= 4 is 49.2 Å². The van der Waals surface area contributed by atoms with Crippen LogP contribution in [0.25, 0.3) is 0 Å². The van der Waals surface area contributed by atoms with E-state index in [9.17, 15) is 14.0 Å². The number of nitrogens with zero attached hydrogens (tertiary/aromatic N) is 1. The van der Waals surface area contributed by atoms with Crippen molar-refractivity contribution in [3.8, 4) is 0 Å². The van der Waals surface area contributed by atoms with Crippen LogP contribution in [-0.2, 0) is 11.3 Å². The fraction of sp³-hybridized carbons (Fsp3) is 0.0667. The zero-order valence-corrected chi connectivity index (χ0v) is 13.7. The van der Waals surface area contributed by atoms with Crippen LogP contribution in [0, 0.1) is 5.82 Å². The van der Waals surface area contributed by atoms with E-state index in [0.29, 0.717) is 25.8 Å². The Labute approximate surface area is 137 Å². The van der Waals surface area contributed by atoms with Gasteiger partial charge < -0.3 is 0 Å². The number of rotatable bonds is 2. The first-order valence-corrected chi connectivity index (χ1v) is 7.66. The van der Waals surface area contributed by atoms with Gasteiger partial charge in [0.1, 0.15) is 5.82 Å². The highest BCUT2D eigenvalue weighted by atomic mass is 79.9. The van der Waals surface area contributed by atoms with Gasteiger partial charge in [-0.1, -0.05) is 28.1 Å². The number of amides is 1. The molecule has 106 valence electrons. The zero-order valence-electron chi connectivity index (χ0n) is 10.6. The summed E-state index contributed by atoms with van der Waals surface area (Å²) in [6.07, 6.45) is 0. The van der Waals surface area contributed by atoms with E-state index in [1.807, 2.05) is 0 Å². The molecule has 3 rings (SSSR count). The van der Waals surface area contributed by atoms with Gasteiger partial charge >= 0.3 is 0 Å². The number of para-hydroxylation sites is 1. The van der Waals surface area contributed by atoms with Crippen LogP contribution < -0.4 is 4.90 Å². The Bertz CT molecular complexity index is 776. The average Bonchev–Trinajstić information content (AvgIpc) is 2.68. The Morgan fingerprint density at radius 2 is 1.86 bits per heavy atom. The Morgan fingerprint density at radius 1 is 1.10 bits per heavy atom. The lowest BCUT2D eigenvalue weighted by Gasteiger charge is -2.18. The third kappa shape index (κ3) is 2.42. The largest absolute Gasteiger partial charge is 0.299 e. The normalized spacial score (nSPS) is 13.8. The molecule has 6 heteroatoms. The van der Waals surface area contributed by atoms with Crippen LogP contribution in [0.4, 0.5) is 10.1 Å². The highest BCUT2D eigenvalue weighted by molar-refractivity contribution is 9.10. The number of Topliss-reactive ketones (excluding diaryl/α,β-unsaturated/α-hetero) is 1. The number of benzene rings is 2. The first kappa shape index (κ1) is 14.4. The van der Waals surface area contributed by atoms with Gasteiger partial charge in [0.15, 0.2) is 0 Å². The minimum atomic E-state index is -0.640. The monoisotopic (exact) mass is 411 g/mol. The van der Waals surface area contributed by atoms with Gasteiger partial charge in [-0.15, -0.1) is 0 Å². The van der Waals surface area contributed by atoms with E-state index in [1.165, 1.54) is 11.0 Å². The van der Waals surface area contributed by atoms with Crippen molar-refractivity contribution < 1.29 is 14.0 Å². The van der Waals surface area contributed by atoms with Gasteiger partial charge in [0, 0.05) is 14.5 Å². The minimum absolute atomic E-state index is 0.0132. The smallest absolute Gasteiger partial charge is 0.299 e. The van der Waals surface area contributed by atoms with E-state index in [0.717, 1.165) is 0 Å². The maximum atomic E-state index is 13.9. The summed E-state index contributed by atoms with van der Waals surface area (Å²) in [6, 6.07) is 9.65. The van der Waals surface area contributed by atoms with E-state index in [-0.39, 0.29) is 6.54 Å². The number of hydrogen-bond donors (Lipinski definition) is 0. The standard InChI is InChI=1S/C15H8Br2FNO2/c16-9-5-4-8(12(18)6-9)7-19-13-10(14(20)15(19)21)2-1-3-11(13)17/h1-6H,7H2. The molecule has 0 fully saturated rings. The summed E-state index contributed by atoms with van der Waals surface area (Å²) >= 11 is 6.52. The fourth-order valence-corrected chi connectivity index (χ4v) is 3.20. The zero-order chi connectivity index (χ0) is 15.1. The summed E-state index contributed by atoms with van der Waals surface area (Å²) in [5, 5.41) is 0. The number of anilines is 1. The SMILES string of the molecule is O=C1C(=O)N(Cc2ccc(Br)cc2F)c2c(Br)cccc21. The molecule has 0 atom stereocenters. The summed E-state index contributed by atoms with van der Waals surface area (Å²) in [7, 11) is 0. The first-order chi connectivity index (χ1) is 9.99. The molecule has 2 aromatic rings. The molecule has 3 nitrogen and oxygen atoms in total. The van der Waals surface area contributed by atoms with Crippen molar-refractivity contribution in [2.45, 2.75) is 6.54 Å². The van der Waals surface area contributed by atoms with E-state index in [4.69, 9.17) is 0 Å². The molecule has 0 saturated heterocycles. The summed E-state index contributed by atoms with van der Waals surface area (Å²) in [4.78, 5) is 25.4. The molecule has 1 heterocycles. The Hall–Kier alpha value is -1.53.